The summed E-state index contributed by atoms with van der Waals surface area (Å²) in [6.07, 6.45) is 1.08. The van der Waals surface area contributed by atoms with E-state index >= 15 is 0 Å². The van der Waals surface area contributed by atoms with E-state index in [4.69, 9.17) is 5.73 Å². The van der Waals surface area contributed by atoms with Gasteiger partial charge in [0.2, 0.25) is 0 Å². The number of alkyl halides is 3. The zero-order chi connectivity index (χ0) is 20.5. The van der Waals surface area contributed by atoms with Gasteiger partial charge in [0.25, 0.3) is 5.56 Å². The van der Waals surface area contributed by atoms with E-state index in [2.05, 4.69) is 26.3 Å². The third kappa shape index (κ3) is 3.93. The Kier molecular flexibility index (Phi) is 5.27. The molecule has 2 aromatic heterocycles. The standard InChI is InChI=1S/C17H14F3N5O2S/c1-3-10(27-17(18,19)20)5-4-9(2)25-8-24-13-11(16(25)26)6-28-15-12(13)14(21)22-7-23-15/h3-5,7-8H,1,6H2,2H3,(H2,21,22,23)/b9-4+,10-5+. The second-order valence-corrected chi connectivity index (χ2v) is 6.57. The summed E-state index contributed by atoms with van der Waals surface area (Å²) in [5.41, 5.74) is 7.22. The summed E-state index contributed by atoms with van der Waals surface area (Å²) in [5, 5.41) is 0.639. The van der Waals surface area contributed by atoms with E-state index in [1.165, 1.54) is 35.1 Å². The maximum Gasteiger partial charge on any atom is 0.573 e. The fourth-order valence-corrected chi connectivity index (χ4v) is 3.51. The van der Waals surface area contributed by atoms with Crippen molar-refractivity contribution in [2.45, 2.75) is 24.1 Å². The number of nitrogens with two attached hydrogens (primary N) is 1. The van der Waals surface area contributed by atoms with Gasteiger partial charge in [-0.2, -0.15) is 0 Å². The summed E-state index contributed by atoms with van der Waals surface area (Å²) >= 11 is 1.33. The summed E-state index contributed by atoms with van der Waals surface area (Å²) in [6.45, 7) is 4.83. The number of ether oxygens (including phenoxy) is 1. The van der Waals surface area contributed by atoms with Crippen molar-refractivity contribution in [3.05, 3.63) is 59.1 Å². The molecule has 0 bridgehead atoms. The number of nitrogens with zero attached hydrogens (tertiary/aromatic N) is 4. The quantitative estimate of drug-likeness (QED) is 0.470. The van der Waals surface area contributed by atoms with Crippen LogP contribution in [-0.2, 0) is 10.5 Å². The van der Waals surface area contributed by atoms with Crippen molar-refractivity contribution in [2.24, 2.45) is 0 Å². The summed E-state index contributed by atoms with van der Waals surface area (Å²) in [6, 6.07) is 0. The minimum Gasteiger partial charge on any atom is -0.406 e. The smallest absolute Gasteiger partial charge is 0.406 e. The zero-order valence-corrected chi connectivity index (χ0v) is 15.3. The molecule has 0 aromatic carbocycles. The van der Waals surface area contributed by atoms with Gasteiger partial charge in [-0.3, -0.25) is 9.36 Å². The Labute approximate surface area is 161 Å². The van der Waals surface area contributed by atoms with Crippen LogP contribution in [0, 0.1) is 0 Å². The van der Waals surface area contributed by atoms with Gasteiger partial charge in [-0.15, -0.1) is 24.9 Å². The average molecular weight is 409 g/mol. The van der Waals surface area contributed by atoms with Crippen molar-refractivity contribution >= 4 is 23.3 Å². The average Bonchev–Trinajstić information content (AvgIpc) is 2.64. The Morgan fingerprint density at radius 1 is 1.36 bits per heavy atom. The number of fused-ring (bicyclic) bond motifs is 3. The molecule has 2 aromatic rings. The van der Waals surface area contributed by atoms with E-state index in [0.717, 1.165) is 12.2 Å². The number of rotatable bonds is 4. The molecule has 1 aliphatic rings. The molecule has 146 valence electrons. The molecule has 7 nitrogen and oxygen atoms in total. The highest BCUT2D eigenvalue weighted by atomic mass is 32.2. The molecule has 3 heterocycles. The first-order valence-corrected chi connectivity index (χ1v) is 8.81. The molecule has 3 rings (SSSR count). The molecule has 0 unspecified atom stereocenters. The molecule has 11 heteroatoms. The number of allylic oxidation sites excluding steroid dienone is 4. The van der Waals surface area contributed by atoms with Gasteiger partial charge in [-0.1, -0.05) is 6.58 Å². The topological polar surface area (TPSA) is 95.9 Å². The van der Waals surface area contributed by atoms with Crippen LogP contribution in [0.4, 0.5) is 19.0 Å². The highest BCUT2D eigenvalue weighted by Gasteiger charge is 2.31. The van der Waals surface area contributed by atoms with Crippen LogP contribution < -0.4 is 11.3 Å². The van der Waals surface area contributed by atoms with Crippen molar-refractivity contribution in [3.63, 3.8) is 0 Å². The molecular weight excluding hydrogens is 395 g/mol. The number of hydrogen-bond donors (Lipinski definition) is 1. The van der Waals surface area contributed by atoms with Gasteiger partial charge < -0.3 is 10.5 Å². The normalized spacial score (nSPS) is 14.3. The van der Waals surface area contributed by atoms with Crippen molar-refractivity contribution in [1.82, 2.24) is 19.5 Å². The van der Waals surface area contributed by atoms with E-state index in [9.17, 15) is 18.0 Å². The highest BCUT2D eigenvalue weighted by molar-refractivity contribution is 7.98. The first kappa shape index (κ1) is 19.7. The third-order valence-corrected chi connectivity index (χ3v) is 4.82. The van der Waals surface area contributed by atoms with Crippen molar-refractivity contribution in [1.29, 1.82) is 0 Å². The van der Waals surface area contributed by atoms with Crippen LogP contribution >= 0.6 is 11.8 Å². The maximum absolute atomic E-state index is 12.9. The lowest BCUT2D eigenvalue weighted by Gasteiger charge is -2.19. The Bertz CT molecular complexity index is 1060. The summed E-state index contributed by atoms with van der Waals surface area (Å²) < 4.78 is 42.0. The van der Waals surface area contributed by atoms with E-state index in [-0.39, 0.29) is 11.4 Å². The Morgan fingerprint density at radius 2 is 2.11 bits per heavy atom. The summed E-state index contributed by atoms with van der Waals surface area (Å²) in [4.78, 5) is 25.2. The van der Waals surface area contributed by atoms with Crippen LogP contribution in [0.15, 0.2) is 53.0 Å². The molecule has 0 fully saturated rings. The number of anilines is 1. The second kappa shape index (κ2) is 7.50. The largest absolute Gasteiger partial charge is 0.573 e. The highest BCUT2D eigenvalue weighted by Crippen LogP contribution is 2.39. The number of hydrogen-bond acceptors (Lipinski definition) is 7. The van der Waals surface area contributed by atoms with Gasteiger partial charge in [0.1, 0.15) is 29.3 Å². The van der Waals surface area contributed by atoms with E-state index in [0.29, 0.717) is 33.3 Å². The molecule has 0 amide bonds. The lowest BCUT2D eigenvalue weighted by atomic mass is 10.1. The van der Waals surface area contributed by atoms with Crippen molar-refractivity contribution < 1.29 is 17.9 Å². The summed E-state index contributed by atoms with van der Waals surface area (Å²) in [7, 11) is 0. The van der Waals surface area contributed by atoms with Gasteiger partial charge in [0.05, 0.1) is 16.8 Å². The zero-order valence-electron chi connectivity index (χ0n) is 14.5. The molecular formula is C17H14F3N5O2S. The van der Waals surface area contributed by atoms with Crippen LogP contribution in [0.5, 0.6) is 0 Å². The fourth-order valence-electron chi connectivity index (χ4n) is 2.50. The van der Waals surface area contributed by atoms with Crippen LogP contribution in [0.2, 0.25) is 0 Å². The van der Waals surface area contributed by atoms with Crippen LogP contribution in [-0.4, -0.2) is 25.9 Å². The monoisotopic (exact) mass is 409 g/mol. The number of halogens is 3. The van der Waals surface area contributed by atoms with Gasteiger partial charge in [0.15, 0.2) is 0 Å². The second-order valence-electron chi connectivity index (χ2n) is 5.60. The van der Waals surface area contributed by atoms with Gasteiger partial charge in [-0.25, -0.2) is 15.0 Å². The van der Waals surface area contributed by atoms with Crippen molar-refractivity contribution in [3.8, 4) is 11.3 Å². The molecule has 0 aliphatic carbocycles. The summed E-state index contributed by atoms with van der Waals surface area (Å²) in [5.74, 6) is 0.0578. The van der Waals surface area contributed by atoms with Gasteiger partial charge >= 0.3 is 6.36 Å². The van der Waals surface area contributed by atoms with Crippen LogP contribution in [0.25, 0.3) is 17.0 Å². The molecule has 28 heavy (non-hydrogen) atoms. The number of aromatic nitrogens is 4. The molecule has 0 saturated heterocycles. The van der Waals surface area contributed by atoms with E-state index in [1.54, 1.807) is 6.92 Å². The van der Waals surface area contributed by atoms with Gasteiger partial charge in [0, 0.05) is 11.4 Å². The molecule has 0 spiro atoms. The molecule has 0 radical (unpaired) electrons. The Hall–Kier alpha value is -3.08. The van der Waals surface area contributed by atoms with E-state index in [1.807, 2.05) is 0 Å². The van der Waals surface area contributed by atoms with Gasteiger partial charge in [-0.05, 0) is 25.2 Å². The fraction of sp³-hybridized carbons (Fsp3) is 0.176. The predicted octanol–water partition coefficient (Wildman–Crippen LogP) is 3.36. The lowest BCUT2D eigenvalue weighted by molar-refractivity contribution is -0.303. The number of nitrogen functional groups attached to an aromatic ring is 1. The third-order valence-electron chi connectivity index (χ3n) is 3.80. The number of thioether (sulfide) groups is 1. The van der Waals surface area contributed by atoms with E-state index < -0.39 is 12.1 Å². The SMILES string of the molecule is C=C/C(=C\C=C(/C)n1cnc2c(c1=O)CSc1ncnc(N)c1-2)OC(F)(F)F. The molecule has 0 saturated carbocycles. The van der Waals surface area contributed by atoms with Crippen LogP contribution in [0.3, 0.4) is 0 Å². The Balaban J connectivity index is 2.01. The minimum absolute atomic E-state index is 0.221. The Morgan fingerprint density at radius 3 is 2.79 bits per heavy atom. The lowest BCUT2D eigenvalue weighted by Crippen LogP contribution is -2.25. The predicted molar refractivity (Wildman–Crippen MR) is 98.9 cm³/mol. The first-order chi connectivity index (χ1) is 13.2. The minimum atomic E-state index is -4.83. The molecule has 1 aliphatic heterocycles. The first-order valence-electron chi connectivity index (χ1n) is 7.82. The molecule has 0 atom stereocenters. The maximum atomic E-state index is 12.9. The van der Waals surface area contributed by atoms with Crippen molar-refractivity contribution in [2.75, 3.05) is 5.73 Å². The van der Waals surface area contributed by atoms with Crippen LogP contribution in [0.1, 0.15) is 12.5 Å². The molecule has 2 N–H and O–H groups in total.